The van der Waals surface area contributed by atoms with Crippen molar-refractivity contribution in [1.29, 1.82) is 0 Å². The predicted molar refractivity (Wildman–Crippen MR) is 103 cm³/mol. The summed E-state index contributed by atoms with van der Waals surface area (Å²) in [6, 6.07) is 20.1. The van der Waals surface area contributed by atoms with Gasteiger partial charge in [-0.2, -0.15) is 4.73 Å². The maximum atomic E-state index is 12.9. The SMILES string of the molecule is CC1(C)CC(c2cccc[n+]2[O-])c2cc(C(=O)c3ccccc3)ccc2O1. The van der Waals surface area contributed by atoms with Gasteiger partial charge in [-0.05, 0) is 38.1 Å². The van der Waals surface area contributed by atoms with E-state index in [1.165, 1.54) is 6.20 Å². The average Bonchev–Trinajstić information content (AvgIpc) is 2.67. The highest BCUT2D eigenvalue weighted by atomic mass is 16.5. The second-order valence-corrected chi connectivity index (χ2v) is 7.52. The molecule has 0 N–H and O–H groups in total. The number of fused-ring (bicyclic) bond motifs is 1. The van der Waals surface area contributed by atoms with Gasteiger partial charge >= 0.3 is 0 Å². The number of ether oxygens (including phenoxy) is 1. The normalized spacial score (nSPS) is 17.6. The highest BCUT2D eigenvalue weighted by molar-refractivity contribution is 6.09. The first-order valence-electron chi connectivity index (χ1n) is 9.05. The van der Waals surface area contributed by atoms with E-state index in [1.807, 2.05) is 68.4 Å². The van der Waals surface area contributed by atoms with Gasteiger partial charge in [-0.1, -0.05) is 30.3 Å². The minimum Gasteiger partial charge on any atom is -0.618 e. The number of hydrogen-bond donors (Lipinski definition) is 0. The molecule has 1 aliphatic heterocycles. The number of rotatable bonds is 3. The number of carbonyl (C=O) groups is 1. The summed E-state index contributed by atoms with van der Waals surface area (Å²) in [6.07, 6.45) is 2.17. The Hall–Kier alpha value is -3.14. The van der Waals surface area contributed by atoms with E-state index in [-0.39, 0.29) is 11.7 Å². The van der Waals surface area contributed by atoms with Crippen molar-refractivity contribution in [2.24, 2.45) is 0 Å². The minimum atomic E-state index is -0.397. The van der Waals surface area contributed by atoms with Gasteiger partial charge in [0.15, 0.2) is 12.0 Å². The van der Waals surface area contributed by atoms with Gasteiger partial charge < -0.3 is 9.94 Å². The first-order valence-corrected chi connectivity index (χ1v) is 9.05. The third-order valence-corrected chi connectivity index (χ3v) is 4.98. The smallest absolute Gasteiger partial charge is 0.200 e. The molecule has 0 fully saturated rings. The van der Waals surface area contributed by atoms with Gasteiger partial charge in [0.25, 0.3) is 0 Å². The molecule has 0 saturated heterocycles. The molecule has 0 amide bonds. The molecule has 2 heterocycles. The fourth-order valence-electron chi connectivity index (χ4n) is 3.73. The highest BCUT2D eigenvalue weighted by Gasteiger charge is 2.38. The lowest BCUT2D eigenvalue weighted by molar-refractivity contribution is -0.615. The summed E-state index contributed by atoms with van der Waals surface area (Å²) in [5.74, 6) is 0.556. The molecule has 2 aromatic carbocycles. The first kappa shape index (κ1) is 17.3. The average molecular weight is 359 g/mol. The molecule has 4 nitrogen and oxygen atoms in total. The molecule has 0 aliphatic carbocycles. The molecule has 136 valence electrons. The van der Waals surface area contributed by atoms with Crippen LogP contribution < -0.4 is 9.47 Å². The number of carbonyl (C=O) groups excluding carboxylic acids is 1. The van der Waals surface area contributed by atoms with Crippen LogP contribution >= 0.6 is 0 Å². The summed E-state index contributed by atoms with van der Waals surface area (Å²) >= 11 is 0. The molecule has 1 aliphatic rings. The van der Waals surface area contributed by atoms with Gasteiger partial charge in [0.1, 0.15) is 11.4 Å². The minimum absolute atomic E-state index is 0.0370. The van der Waals surface area contributed by atoms with Crippen LogP contribution in [-0.4, -0.2) is 11.4 Å². The lowest BCUT2D eigenvalue weighted by Gasteiger charge is -2.37. The molecule has 4 heteroatoms. The van der Waals surface area contributed by atoms with E-state index in [1.54, 1.807) is 12.1 Å². The van der Waals surface area contributed by atoms with Crippen LogP contribution in [0.15, 0.2) is 72.9 Å². The van der Waals surface area contributed by atoms with Gasteiger partial charge in [-0.25, -0.2) is 0 Å². The predicted octanol–water partition coefficient (Wildman–Crippen LogP) is 4.24. The van der Waals surface area contributed by atoms with Crippen molar-refractivity contribution >= 4 is 5.78 Å². The number of benzene rings is 2. The van der Waals surface area contributed by atoms with E-state index < -0.39 is 5.60 Å². The van der Waals surface area contributed by atoms with E-state index in [2.05, 4.69) is 0 Å². The Balaban J connectivity index is 1.81. The number of hydrogen-bond acceptors (Lipinski definition) is 3. The summed E-state index contributed by atoms with van der Waals surface area (Å²) in [5, 5.41) is 12.4. The van der Waals surface area contributed by atoms with Crippen LogP contribution in [0.4, 0.5) is 0 Å². The Labute approximate surface area is 158 Å². The van der Waals surface area contributed by atoms with E-state index in [9.17, 15) is 10.0 Å². The lowest BCUT2D eigenvalue weighted by atomic mass is 9.81. The fraction of sp³-hybridized carbons (Fsp3) is 0.217. The molecule has 4 rings (SSSR count). The van der Waals surface area contributed by atoms with Crippen molar-refractivity contribution in [2.45, 2.75) is 31.8 Å². The molecular weight excluding hydrogens is 338 g/mol. The van der Waals surface area contributed by atoms with Crippen molar-refractivity contribution in [3.63, 3.8) is 0 Å². The van der Waals surface area contributed by atoms with E-state index in [4.69, 9.17) is 4.74 Å². The third kappa shape index (κ3) is 3.31. The molecule has 1 atom stereocenters. The van der Waals surface area contributed by atoms with Crippen molar-refractivity contribution in [2.75, 3.05) is 0 Å². The summed E-state index contributed by atoms with van der Waals surface area (Å²) in [4.78, 5) is 12.9. The Morgan fingerprint density at radius 1 is 1.04 bits per heavy atom. The Morgan fingerprint density at radius 3 is 2.52 bits per heavy atom. The highest BCUT2D eigenvalue weighted by Crippen LogP contribution is 2.43. The summed E-state index contributed by atoms with van der Waals surface area (Å²) in [6.45, 7) is 4.04. The van der Waals surface area contributed by atoms with Crippen LogP contribution in [0.5, 0.6) is 5.75 Å². The molecular formula is C23H21NO3. The maximum Gasteiger partial charge on any atom is 0.200 e. The quantitative estimate of drug-likeness (QED) is 0.399. The molecule has 0 saturated carbocycles. The number of aromatic nitrogens is 1. The fourth-order valence-corrected chi connectivity index (χ4v) is 3.73. The van der Waals surface area contributed by atoms with Gasteiger partial charge in [0.05, 0.1) is 5.92 Å². The largest absolute Gasteiger partial charge is 0.618 e. The van der Waals surface area contributed by atoms with E-state index in [0.29, 0.717) is 23.2 Å². The molecule has 1 unspecified atom stereocenters. The number of nitrogens with zero attached hydrogens (tertiary/aromatic N) is 1. The van der Waals surface area contributed by atoms with Crippen molar-refractivity contribution in [1.82, 2.24) is 0 Å². The molecule has 0 radical (unpaired) electrons. The zero-order valence-corrected chi connectivity index (χ0v) is 15.4. The lowest BCUT2D eigenvalue weighted by Crippen LogP contribution is -2.40. The van der Waals surface area contributed by atoms with Crippen molar-refractivity contribution in [3.8, 4) is 5.75 Å². The number of pyridine rings is 1. The maximum absolute atomic E-state index is 12.9. The van der Waals surface area contributed by atoms with Crippen molar-refractivity contribution in [3.05, 3.63) is 101 Å². The van der Waals surface area contributed by atoms with Gasteiger partial charge in [0, 0.05) is 35.2 Å². The summed E-state index contributed by atoms with van der Waals surface area (Å²) < 4.78 is 7.03. The second kappa shape index (κ2) is 6.54. The van der Waals surface area contributed by atoms with Crippen LogP contribution in [0.2, 0.25) is 0 Å². The van der Waals surface area contributed by atoms with Gasteiger partial charge in [-0.3, -0.25) is 4.79 Å². The zero-order valence-electron chi connectivity index (χ0n) is 15.4. The molecule has 0 spiro atoms. The summed E-state index contributed by atoms with van der Waals surface area (Å²) in [5.41, 5.74) is 2.39. The van der Waals surface area contributed by atoms with Crippen LogP contribution in [0.3, 0.4) is 0 Å². The van der Waals surface area contributed by atoms with E-state index in [0.717, 1.165) is 16.0 Å². The Morgan fingerprint density at radius 2 is 1.78 bits per heavy atom. The molecule has 3 aromatic rings. The Kier molecular flexibility index (Phi) is 4.19. The van der Waals surface area contributed by atoms with Gasteiger partial charge in [0.2, 0.25) is 5.69 Å². The Bertz CT molecular complexity index is 996. The molecule has 0 bridgehead atoms. The standard InChI is InChI=1S/C23H21NO3/c1-23(2)15-19(20-10-6-7-13-24(20)26)18-14-17(11-12-21(18)27-23)22(25)16-8-4-3-5-9-16/h3-14,19H,15H2,1-2H3. The van der Waals surface area contributed by atoms with Crippen LogP contribution in [-0.2, 0) is 0 Å². The third-order valence-electron chi connectivity index (χ3n) is 4.98. The monoisotopic (exact) mass is 359 g/mol. The van der Waals surface area contributed by atoms with E-state index >= 15 is 0 Å². The number of ketones is 1. The zero-order chi connectivity index (χ0) is 19.0. The summed E-state index contributed by atoms with van der Waals surface area (Å²) in [7, 11) is 0. The van der Waals surface area contributed by atoms with Crippen LogP contribution in [0, 0.1) is 5.21 Å². The topological polar surface area (TPSA) is 53.2 Å². The van der Waals surface area contributed by atoms with Crippen LogP contribution in [0.25, 0.3) is 0 Å². The molecule has 1 aromatic heterocycles. The van der Waals surface area contributed by atoms with Crippen LogP contribution in [0.1, 0.15) is 53.4 Å². The molecule has 27 heavy (non-hydrogen) atoms. The van der Waals surface area contributed by atoms with Crippen molar-refractivity contribution < 1.29 is 14.3 Å². The second-order valence-electron chi connectivity index (χ2n) is 7.52. The van der Waals surface area contributed by atoms with Gasteiger partial charge in [-0.15, -0.1) is 0 Å². The first-order chi connectivity index (χ1) is 12.9.